The van der Waals surface area contributed by atoms with Crippen molar-refractivity contribution in [3.63, 3.8) is 0 Å². The molecule has 0 fully saturated rings. The van der Waals surface area contributed by atoms with E-state index in [1.54, 1.807) is 0 Å². The smallest absolute Gasteiger partial charge is 0.136 e. The van der Waals surface area contributed by atoms with E-state index >= 15 is 0 Å². The predicted octanol–water partition coefficient (Wildman–Crippen LogP) is 17.7. The van der Waals surface area contributed by atoms with Crippen LogP contribution in [0, 0.1) is 0 Å². The van der Waals surface area contributed by atoms with Crippen LogP contribution in [-0.2, 0) is 5.41 Å². The van der Waals surface area contributed by atoms with Crippen LogP contribution >= 0.6 is 0 Å². The van der Waals surface area contributed by atoms with Crippen LogP contribution in [0.25, 0.3) is 98.4 Å². The molecule has 2 aliphatic carbocycles. The first-order valence-electron chi connectivity index (χ1n) is 23.2. The number of para-hydroxylation sites is 1. The van der Waals surface area contributed by atoms with E-state index in [4.69, 9.17) is 4.42 Å². The third kappa shape index (κ3) is 4.94. The van der Waals surface area contributed by atoms with Gasteiger partial charge in [0.25, 0.3) is 0 Å². The second-order valence-corrected chi connectivity index (χ2v) is 18.3. The number of furan rings is 1. The van der Waals surface area contributed by atoms with Crippen molar-refractivity contribution in [1.82, 2.24) is 0 Å². The summed E-state index contributed by atoms with van der Waals surface area (Å²) in [7, 11) is 0. The molecule has 15 rings (SSSR count). The fraction of sp³-hybridized carbons (Fsp3) is 0.0154. The van der Waals surface area contributed by atoms with Gasteiger partial charge in [0.2, 0.25) is 0 Å². The van der Waals surface area contributed by atoms with E-state index in [0.717, 1.165) is 39.2 Å². The van der Waals surface area contributed by atoms with Gasteiger partial charge in [0.15, 0.2) is 0 Å². The van der Waals surface area contributed by atoms with Crippen molar-refractivity contribution in [2.24, 2.45) is 0 Å². The van der Waals surface area contributed by atoms with Crippen molar-refractivity contribution in [1.29, 1.82) is 0 Å². The summed E-state index contributed by atoms with van der Waals surface area (Å²) in [6.45, 7) is 0. The van der Waals surface area contributed by atoms with Crippen LogP contribution in [0.4, 0.5) is 17.1 Å². The summed E-state index contributed by atoms with van der Waals surface area (Å²) in [6, 6.07) is 87.7. The molecule has 2 nitrogen and oxygen atoms in total. The van der Waals surface area contributed by atoms with Crippen LogP contribution in [0.5, 0.6) is 0 Å². The fourth-order valence-electron chi connectivity index (χ4n) is 12.3. The molecular formula is C65H39NO. The summed E-state index contributed by atoms with van der Waals surface area (Å²) in [5, 5.41) is 12.2. The zero-order valence-corrected chi connectivity index (χ0v) is 36.4. The van der Waals surface area contributed by atoms with Gasteiger partial charge in [-0.05, 0) is 148 Å². The topological polar surface area (TPSA) is 16.4 Å². The van der Waals surface area contributed by atoms with Crippen LogP contribution in [0.1, 0.15) is 22.3 Å². The van der Waals surface area contributed by atoms with E-state index < -0.39 is 5.41 Å². The Morgan fingerprint density at radius 2 is 0.806 bits per heavy atom. The van der Waals surface area contributed by atoms with E-state index in [2.05, 4.69) is 241 Å². The molecule has 1 spiro atoms. The molecule has 0 atom stereocenters. The number of hydrogen-bond acceptors (Lipinski definition) is 2. The third-order valence-electron chi connectivity index (χ3n) is 15.0. The van der Waals surface area contributed by atoms with Crippen LogP contribution in [0.2, 0.25) is 0 Å². The molecule has 1 heterocycles. The Morgan fingerprint density at radius 1 is 0.284 bits per heavy atom. The molecule has 0 saturated carbocycles. The van der Waals surface area contributed by atoms with Gasteiger partial charge in [-0.2, -0.15) is 0 Å². The molecule has 1 aromatic heterocycles. The van der Waals surface area contributed by atoms with Crippen molar-refractivity contribution in [2.75, 3.05) is 4.90 Å². The first kappa shape index (κ1) is 36.6. The Bertz CT molecular complexity index is 4150. The molecule has 13 aromatic rings. The fourth-order valence-corrected chi connectivity index (χ4v) is 12.3. The number of nitrogens with zero attached hydrogens (tertiary/aromatic N) is 1. The highest BCUT2D eigenvalue weighted by Crippen LogP contribution is 2.63. The maximum absolute atomic E-state index is 6.44. The molecule has 0 N–H and O–H groups in total. The minimum Gasteiger partial charge on any atom is -0.456 e. The number of fused-ring (bicyclic) bond motifs is 21. The lowest BCUT2D eigenvalue weighted by molar-refractivity contribution is 0.669. The summed E-state index contributed by atoms with van der Waals surface area (Å²) in [5.41, 5.74) is 17.6. The van der Waals surface area contributed by atoms with Gasteiger partial charge in [-0.15, -0.1) is 0 Å². The summed E-state index contributed by atoms with van der Waals surface area (Å²) >= 11 is 0. The van der Waals surface area contributed by atoms with Gasteiger partial charge >= 0.3 is 0 Å². The normalized spacial score (nSPS) is 13.2. The number of anilines is 3. The Hall–Kier alpha value is -8.72. The first-order valence-corrected chi connectivity index (χ1v) is 23.2. The lowest BCUT2D eigenvalue weighted by atomic mass is 9.70. The highest BCUT2D eigenvalue weighted by atomic mass is 16.3. The Kier molecular flexibility index (Phi) is 7.46. The maximum atomic E-state index is 6.44. The quantitative estimate of drug-likeness (QED) is 0.164. The summed E-state index contributed by atoms with van der Waals surface area (Å²) in [5.74, 6) is 0. The van der Waals surface area contributed by atoms with E-state index in [0.29, 0.717) is 0 Å². The standard InChI is InChI=1S/C65H39NO/c1-2-16-41-37-44(32-31-40(41)15-1)66(45-33-34-50-49-21-7-11-29-58(49)65(59(50)39-45)56-27-9-5-19-47(56)48-20-6-10-28-57(48)65)43-18-13-17-42(38-43)46-25-14-26-52-54-35-36-61-64(55-24-8-12-30-60(55)67-61)63(54)53-23-4-3-22-51(53)62(46)52/h1-39H. The number of rotatable bonds is 4. The molecule has 0 bridgehead atoms. The molecular weight excluding hydrogens is 811 g/mol. The number of benzene rings is 12. The van der Waals surface area contributed by atoms with Gasteiger partial charge in [-0.25, -0.2) is 0 Å². The highest BCUT2D eigenvalue weighted by Gasteiger charge is 2.51. The molecule has 310 valence electrons. The molecule has 67 heavy (non-hydrogen) atoms. The molecule has 2 heteroatoms. The molecule has 0 saturated heterocycles. The van der Waals surface area contributed by atoms with E-state index in [1.807, 2.05) is 0 Å². The van der Waals surface area contributed by atoms with E-state index in [1.165, 1.54) is 98.5 Å². The van der Waals surface area contributed by atoms with Crippen molar-refractivity contribution < 1.29 is 4.42 Å². The molecule has 0 unspecified atom stereocenters. The molecule has 2 aliphatic rings. The van der Waals surface area contributed by atoms with Gasteiger partial charge in [0.1, 0.15) is 11.2 Å². The Balaban J connectivity index is 0.976. The summed E-state index contributed by atoms with van der Waals surface area (Å²) in [6.07, 6.45) is 0. The van der Waals surface area contributed by atoms with Crippen molar-refractivity contribution >= 4 is 82.1 Å². The zero-order chi connectivity index (χ0) is 43.8. The lowest BCUT2D eigenvalue weighted by Crippen LogP contribution is -2.26. The third-order valence-corrected chi connectivity index (χ3v) is 15.0. The van der Waals surface area contributed by atoms with Gasteiger partial charge in [0, 0.05) is 33.2 Å². The Labute approximate surface area is 387 Å². The van der Waals surface area contributed by atoms with Crippen molar-refractivity contribution in [3.8, 4) is 33.4 Å². The molecule has 0 radical (unpaired) electrons. The lowest BCUT2D eigenvalue weighted by Gasteiger charge is -2.32. The molecule has 0 amide bonds. The Morgan fingerprint density at radius 3 is 1.55 bits per heavy atom. The monoisotopic (exact) mass is 849 g/mol. The summed E-state index contributed by atoms with van der Waals surface area (Å²) in [4.78, 5) is 2.47. The van der Waals surface area contributed by atoms with Crippen LogP contribution in [0.15, 0.2) is 241 Å². The highest BCUT2D eigenvalue weighted by molar-refractivity contribution is 6.36. The maximum Gasteiger partial charge on any atom is 0.136 e. The zero-order valence-electron chi connectivity index (χ0n) is 36.4. The first-order chi connectivity index (χ1) is 33.2. The van der Waals surface area contributed by atoms with Crippen molar-refractivity contribution in [2.45, 2.75) is 5.41 Å². The second kappa shape index (κ2) is 13.7. The molecule has 12 aromatic carbocycles. The van der Waals surface area contributed by atoms with Crippen LogP contribution < -0.4 is 4.90 Å². The van der Waals surface area contributed by atoms with Crippen LogP contribution in [0.3, 0.4) is 0 Å². The molecule has 0 aliphatic heterocycles. The SMILES string of the molecule is c1cc(-c2cccc3c4ccc5oc6ccccc6c5c4c4ccccc4c23)cc(N(c2ccc3c(c2)C2(c4ccccc4-c4ccccc42)c2ccccc2-3)c2ccc3ccccc3c2)c1. The predicted molar refractivity (Wildman–Crippen MR) is 280 cm³/mol. The van der Waals surface area contributed by atoms with Gasteiger partial charge in [-0.1, -0.05) is 182 Å². The van der Waals surface area contributed by atoms with E-state index in [-0.39, 0.29) is 0 Å². The van der Waals surface area contributed by atoms with Crippen molar-refractivity contribution in [3.05, 3.63) is 259 Å². The van der Waals surface area contributed by atoms with E-state index in [9.17, 15) is 0 Å². The number of hydrogen-bond donors (Lipinski definition) is 0. The average Bonchev–Trinajstić information content (AvgIpc) is 4.03. The van der Waals surface area contributed by atoms with Gasteiger partial charge in [-0.3, -0.25) is 0 Å². The largest absolute Gasteiger partial charge is 0.456 e. The average molecular weight is 850 g/mol. The minimum atomic E-state index is -0.451. The second-order valence-electron chi connectivity index (χ2n) is 18.3. The summed E-state index contributed by atoms with van der Waals surface area (Å²) < 4.78 is 6.44. The van der Waals surface area contributed by atoms with Gasteiger partial charge in [0.05, 0.1) is 5.41 Å². The van der Waals surface area contributed by atoms with Crippen LogP contribution in [-0.4, -0.2) is 0 Å². The van der Waals surface area contributed by atoms with Gasteiger partial charge < -0.3 is 9.32 Å². The minimum absolute atomic E-state index is 0.451.